The third-order valence-electron chi connectivity index (χ3n) is 8.15. The number of fused-ring (bicyclic) bond motifs is 1. The summed E-state index contributed by atoms with van der Waals surface area (Å²) < 4.78 is 5.53. The molecule has 5 heteroatoms. The highest BCUT2D eigenvalue weighted by Gasteiger charge is 2.41. The number of carbonyl (C=O) groups is 1. The van der Waals surface area contributed by atoms with Gasteiger partial charge >= 0.3 is 0 Å². The number of carbonyl (C=O) groups excluding carboxylic acids is 1. The van der Waals surface area contributed by atoms with E-state index in [9.17, 15) is 4.79 Å². The lowest BCUT2D eigenvalue weighted by Crippen LogP contribution is -2.50. The molecule has 2 atom stereocenters. The minimum absolute atomic E-state index is 0.118. The van der Waals surface area contributed by atoms with Crippen LogP contribution in [0.4, 0.5) is 0 Å². The zero-order valence-electron chi connectivity index (χ0n) is 20.7. The number of likely N-dealkylation sites (N-methyl/N-ethyl adjacent to an activating group) is 1. The number of ether oxygens (including phenoxy) is 1. The summed E-state index contributed by atoms with van der Waals surface area (Å²) in [5, 5.41) is 0. The van der Waals surface area contributed by atoms with Crippen molar-refractivity contribution in [2.45, 2.75) is 64.2 Å². The van der Waals surface area contributed by atoms with Gasteiger partial charge in [-0.15, -0.1) is 0 Å². The van der Waals surface area contributed by atoms with Crippen molar-refractivity contribution < 1.29 is 9.53 Å². The minimum Gasteiger partial charge on any atom is -0.497 e. The van der Waals surface area contributed by atoms with E-state index in [-0.39, 0.29) is 5.41 Å². The monoisotopic (exact) mass is 451 g/mol. The molecule has 1 aromatic heterocycles. The van der Waals surface area contributed by atoms with Crippen LogP contribution in [-0.2, 0) is 23.1 Å². The van der Waals surface area contributed by atoms with E-state index in [4.69, 9.17) is 4.74 Å². The van der Waals surface area contributed by atoms with Crippen LogP contribution in [0.5, 0.6) is 5.75 Å². The Kier molecular flexibility index (Phi) is 7.79. The summed E-state index contributed by atoms with van der Waals surface area (Å²) in [4.78, 5) is 20.6. The van der Waals surface area contributed by atoms with Crippen LogP contribution in [0.1, 0.15) is 62.8 Å². The van der Waals surface area contributed by atoms with E-state index in [0.29, 0.717) is 18.4 Å². The molecule has 2 heterocycles. The Morgan fingerprint density at radius 2 is 2.03 bits per heavy atom. The summed E-state index contributed by atoms with van der Waals surface area (Å²) in [7, 11) is 1.75. The van der Waals surface area contributed by atoms with Crippen LogP contribution in [0, 0.1) is 5.92 Å². The highest BCUT2D eigenvalue weighted by molar-refractivity contribution is 5.79. The highest BCUT2D eigenvalue weighted by atomic mass is 16.5. The molecule has 0 bridgehead atoms. The number of aromatic nitrogens is 1. The molecular weight excluding hydrogens is 410 g/mol. The molecule has 0 saturated carbocycles. The lowest BCUT2D eigenvalue weighted by Gasteiger charge is -2.44. The molecule has 5 nitrogen and oxygen atoms in total. The van der Waals surface area contributed by atoms with Gasteiger partial charge in [0.25, 0.3) is 0 Å². The average Bonchev–Trinajstić information content (AvgIpc) is 3.39. The zero-order valence-corrected chi connectivity index (χ0v) is 20.7. The fraction of sp³-hybridized carbons (Fsp3) is 0.607. The summed E-state index contributed by atoms with van der Waals surface area (Å²) in [5.41, 5.74) is 4.42. The summed E-state index contributed by atoms with van der Waals surface area (Å²) in [6.45, 7) is 8.72. The second kappa shape index (κ2) is 10.8. The Morgan fingerprint density at radius 3 is 2.73 bits per heavy atom. The smallest absolute Gasteiger partial charge is 0.236 e. The average molecular weight is 452 g/mol. The van der Waals surface area contributed by atoms with Crippen LogP contribution in [-0.4, -0.2) is 60.5 Å². The van der Waals surface area contributed by atoms with E-state index in [1.165, 1.54) is 29.7 Å². The Balaban J connectivity index is 1.53. The van der Waals surface area contributed by atoms with Crippen molar-refractivity contribution >= 4 is 5.91 Å². The van der Waals surface area contributed by atoms with Crippen molar-refractivity contribution in [3.63, 3.8) is 0 Å². The number of H-pyrrole nitrogens is 1. The van der Waals surface area contributed by atoms with Crippen molar-refractivity contribution in [1.82, 2.24) is 14.8 Å². The molecular formula is C28H41N3O2. The fourth-order valence-electron chi connectivity index (χ4n) is 6.29. The molecule has 1 aliphatic carbocycles. The van der Waals surface area contributed by atoms with Gasteiger partial charge in [-0.05, 0) is 86.4 Å². The van der Waals surface area contributed by atoms with Gasteiger partial charge in [0.05, 0.1) is 13.7 Å². The number of hydrogen-bond acceptors (Lipinski definition) is 3. The van der Waals surface area contributed by atoms with Gasteiger partial charge in [-0.25, -0.2) is 0 Å². The normalized spacial score (nSPS) is 21.0. The Bertz CT molecular complexity index is 910. The van der Waals surface area contributed by atoms with Crippen LogP contribution in [0.15, 0.2) is 36.5 Å². The maximum atomic E-state index is 12.6. The minimum atomic E-state index is 0.118. The number of hydrogen-bond donors (Lipinski definition) is 1. The lowest BCUT2D eigenvalue weighted by molar-refractivity contribution is -0.136. The number of methoxy groups -OCH3 is 1. The van der Waals surface area contributed by atoms with Gasteiger partial charge in [-0.1, -0.05) is 26.3 Å². The van der Waals surface area contributed by atoms with E-state index >= 15 is 0 Å². The van der Waals surface area contributed by atoms with Crippen LogP contribution in [0.3, 0.4) is 0 Å². The second-order valence-corrected chi connectivity index (χ2v) is 9.92. The molecule has 0 spiro atoms. The molecule has 1 aromatic carbocycles. The van der Waals surface area contributed by atoms with Gasteiger partial charge in [0, 0.05) is 36.9 Å². The molecule has 2 aromatic rings. The van der Waals surface area contributed by atoms with Crippen molar-refractivity contribution in [3.8, 4) is 5.75 Å². The maximum absolute atomic E-state index is 12.6. The lowest BCUT2D eigenvalue weighted by atomic mass is 9.61. The largest absolute Gasteiger partial charge is 0.497 e. The van der Waals surface area contributed by atoms with Crippen molar-refractivity contribution in [2.24, 2.45) is 5.92 Å². The van der Waals surface area contributed by atoms with Gasteiger partial charge in [-0.3, -0.25) is 9.69 Å². The summed E-state index contributed by atoms with van der Waals surface area (Å²) in [6, 6.07) is 11.0. The van der Waals surface area contributed by atoms with E-state index in [0.717, 1.165) is 64.0 Å². The van der Waals surface area contributed by atoms with Gasteiger partial charge in [0.1, 0.15) is 5.75 Å². The number of nitrogens with one attached hydrogen (secondary N) is 1. The molecule has 2 unspecified atom stereocenters. The molecule has 1 N–H and O–H groups in total. The molecule has 2 aliphatic rings. The third-order valence-corrected chi connectivity index (χ3v) is 8.15. The quantitative estimate of drug-likeness (QED) is 0.564. The third kappa shape index (κ3) is 5.13. The summed E-state index contributed by atoms with van der Waals surface area (Å²) >= 11 is 0. The Labute approximate surface area is 199 Å². The molecule has 4 rings (SSSR count). The van der Waals surface area contributed by atoms with Gasteiger partial charge < -0.3 is 14.6 Å². The van der Waals surface area contributed by atoms with E-state index < -0.39 is 0 Å². The SMILES string of the molecule is CCCC(CCCN1CCN(CC)CC1=O)(c1ccc[nH]1)C1CCc2ccc(OC)cc2C1. The summed E-state index contributed by atoms with van der Waals surface area (Å²) in [5.74, 6) is 1.84. The number of aromatic amines is 1. The number of amides is 1. The fourth-order valence-corrected chi connectivity index (χ4v) is 6.29. The molecule has 1 amide bonds. The number of aryl methyl sites for hydroxylation is 1. The molecule has 1 saturated heterocycles. The van der Waals surface area contributed by atoms with E-state index in [1.54, 1.807) is 7.11 Å². The van der Waals surface area contributed by atoms with Crippen molar-refractivity contribution in [2.75, 3.05) is 39.8 Å². The molecule has 1 fully saturated rings. The van der Waals surface area contributed by atoms with Crippen LogP contribution in [0.2, 0.25) is 0 Å². The number of rotatable bonds is 10. The number of nitrogens with zero attached hydrogens (tertiary/aromatic N) is 2. The van der Waals surface area contributed by atoms with E-state index in [1.807, 2.05) is 0 Å². The van der Waals surface area contributed by atoms with Crippen molar-refractivity contribution in [3.05, 3.63) is 53.3 Å². The number of benzene rings is 1. The summed E-state index contributed by atoms with van der Waals surface area (Å²) in [6.07, 6.45) is 10.0. The second-order valence-electron chi connectivity index (χ2n) is 9.92. The first-order valence-corrected chi connectivity index (χ1v) is 12.9. The molecule has 180 valence electrons. The standard InChI is InChI=1S/C28H41N3O2/c1-4-13-28(26-8-6-15-29-26,14-7-16-31-18-17-30(5-2)21-27(31)32)24-11-9-22-10-12-25(33-3)20-23(22)19-24/h6,8,10,12,15,20,24,29H,4-5,7,9,11,13-14,16-19,21H2,1-3H3. The Hall–Kier alpha value is -2.27. The van der Waals surface area contributed by atoms with Crippen molar-refractivity contribution in [1.29, 1.82) is 0 Å². The Morgan fingerprint density at radius 1 is 1.15 bits per heavy atom. The predicted molar refractivity (Wildman–Crippen MR) is 134 cm³/mol. The van der Waals surface area contributed by atoms with Gasteiger partial charge in [0.15, 0.2) is 0 Å². The van der Waals surface area contributed by atoms with Crippen LogP contribution >= 0.6 is 0 Å². The van der Waals surface area contributed by atoms with Gasteiger partial charge in [-0.2, -0.15) is 0 Å². The zero-order chi connectivity index (χ0) is 23.3. The van der Waals surface area contributed by atoms with Gasteiger partial charge in [0.2, 0.25) is 5.91 Å². The maximum Gasteiger partial charge on any atom is 0.236 e. The molecule has 0 radical (unpaired) electrons. The van der Waals surface area contributed by atoms with Crippen LogP contribution < -0.4 is 4.74 Å². The molecule has 33 heavy (non-hydrogen) atoms. The first-order chi connectivity index (χ1) is 16.1. The predicted octanol–water partition coefficient (Wildman–Crippen LogP) is 4.81. The first kappa shape index (κ1) is 23.9. The topological polar surface area (TPSA) is 48.6 Å². The highest BCUT2D eigenvalue weighted by Crippen LogP contribution is 2.46. The van der Waals surface area contributed by atoms with Crippen LogP contribution in [0.25, 0.3) is 0 Å². The number of piperazine rings is 1. The van der Waals surface area contributed by atoms with E-state index in [2.05, 4.69) is 65.2 Å². The first-order valence-electron chi connectivity index (χ1n) is 12.9. The molecule has 1 aliphatic heterocycles.